The van der Waals surface area contributed by atoms with E-state index in [1.165, 1.54) is 5.56 Å². The predicted molar refractivity (Wildman–Crippen MR) is 90.8 cm³/mol. The first-order valence-electron chi connectivity index (χ1n) is 8.04. The Kier molecular flexibility index (Phi) is 6.68. The summed E-state index contributed by atoms with van der Waals surface area (Å²) in [4.78, 5) is 14.3. The SMILES string of the molecule is CC(N)CCC(=O)NC1CCN(Cc2ccc(Cl)cc2)CC1. The molecule has 1 heterocycles. The first kappa shape index (κ1) is 17.3. The second kappa shape index (κ2) is 8.51. The number of nitrogens with two attached hydrogens (primary N) is 1. The number of hydrogen-bond donors (Lipinski definition) is 2. The standard InChI is InChI=1S/C17H26ClN3O/c1-13(19)2-7-17(22)20-16-8-10-21(11-9-16)12-14-3-5-15(18)6-4-14/h3-6,13,16H,2,7-12,19H2,1H3,(H,20,22). The van der Waals surface area contributed by atoms with Gasteiger partial charge in [0.1, 0.15) is 0 Å². The largest absolute Gasteiger partial charge is 0.353 e. The van der Waals surface area contributed by atoms with Gasteiger partial charge in [-0.15, -0.1) is 0 Å². The van der Waals surface area contributed by atoms with Gasteiger partial charge in [0.05, 0.1) is 0 Å². The number of halogens is 1. The van der Waals surface area contributed by atoms with E-state index < -0.39 is 0 Å². The molecule has 0 aliphatic carbocycles. The first-order chi connectivity index (χ1) is 10.5. The number of carbonyl (C=O) groups excluding carboxylic acids is 1. The minimum Gasteiger partial charge on any atom is -0.353 e. The number of hydrogen-bond acceptors (Lipinski definition) is 3. The van der Waals surface area contributed by atoms with E-state index in [9.17, 15) is 4.79 Å². The Labute approximate surface area is 138 Å². The lowest BCUT2D eigenvalue weighted by Crippen LogP contribution is -2.44. The van der Waals surface area contributed by atoms with Crippen LogP contribution in [0.1, 0.15) is 38.2 Å². The Bertz CT molecular complexity index is 467. The summed E-state index contributed by atoms with van der Waals surface area (Å²) >= 11 is 5.91. The fourth-order valence-corrected chi connectivity index (χ4v) is 2.87. The average molecular weight is 324 g/mol. The molecule has 0 spiro atoms. The van der Waals surface area contributed by atoms with Gasteiger partial charge < -0.3 is 11.1 Å². The van der Waals surface area contributed by atoms with Crippen LogP contribution in [0.3, 0.4) is 0 Å². The summed E-state index contributed by atoms with van der Waals surface area (Å²) in [5.41, 5.74) is 6.96. The monoisotopic (exact) mass is 323 g/mol. The quantitative estimate of drug-likeness (QED) is 0.846. The van der Waals surface area contributed by atoms with E-state index in [1.54, 1.807) is 0 Å². The van der Waals surface area contributed by atoms with Crippen molar-refractivity contribution in [2.24, 2.45) is 5.73 Å². The highest BCUT2D eigenvalue weighted by molar-refractivity contribution is 6.30. The van der Waals surface area contributed by atoms with E-state index in [1.807, 2.05) is 19.1 Å². The number of nitrogens with one attached hydrogen (secondary N) is 1. The maximum Gasteiger partial charge on any atom is 0.220 e. The summed E-state index contributed by atoms with van der Waals surface area (Å²) in [7, 11) is 0. The molecule has 1 atom stereocenters. The third-order valence-electron chi connectivity index (χ3n) is 4.10. The van der Waals surface area contributed by atoms with Crippen LogP contribution < -0.4 is 11.1 Å². The van der Waals surface area contributed by atoms with Crippen molar-refractivity contribution < 1.29 is 4.79 Å². The molecule has 1 aromatic carbocycles. The van der Waals surface area contributed by atoms with Crippen molar-refractivity contribution in [2.75, 3.05) is 13.1 Å². The average Bonchev–Trinajstić information content (AvgIpc) is 2.49. The van der Waals surface area contributed by atoms with Crippen molar-refractivity contribution in [2.45, 2.75) is 51.2 Å². The van der Waals surface area contributed by atoms with Crippen molar-refractivity contribution >= 4 is 17.5 Å². The number of rotatable bonds is 6. The van der Waals surface area contributed by atoms with Gasteiger partial charge in [0.25, 0.3) is 0 Å². The van der Waals surface area contributed by atoms with Crippen LogP contribution in [-0.4, -0.2) is 36.0 Å². The molecule has 122 valence electrons. The highest BCUT2D eigenvalue weighted by Crippen LogP contribution is 2.16. The Morgan fingerprint density at radius 2 is 2.00 bits per heavy atom. The molecule has 4 nitrogen and oxygen atoms in total. The Hall–Kier alpha value is -1.10. The zero-order chi connectivity index (χ0) is 15.9. The van der Waals surface area contributed by atoms with Crippen molar-refractivity contribution in [1.29, 1.82) is 0 Å². The van der Waals surface area contributed by atoms with Gasteiger partial charge >= 0.3 is 0 Å². The maximum atomic E-state index is 11.8. The summed E-state index contributed by atoms with van der Waals surface area (Å²) in [5, 5.41) is 3.90. The number of nitrogens with zero attached hydrogens (tertiary/aromatic N) is 1. The number of piperidine rings is 1. The van der Waals surface area contributed by atoms with Crippen LogP contribution in [0.15, 0.2) is 24.3 Å². The molecule has 3 N–H and O–H groups in total. The van der Waals surface area contributed by atoms with E-state index in [2.05, 4.69) is 22.3 Å². The molecular weight excluding hydrogens is 298 g/mol. The van der Waals surface area contributed by atoms with Gasteiger partial charge in [0.2, 0.25) is 5.91 Å². The molecule has 0 radical (unpaired) electrons. The molecule has 0 bridgehead atoms. The predicted octanol–water partition coefficient (Wildman–Crippen LogP) is 2.55. The van der Waals surface area contributed by atoms with Crippen LogP contribution in [0.2, 0.25) is 5.02 Å². The second-order valence-electron chi connectivity index (χ2n) is 6.26. The number of benzene rings is 1. The zero-order valence-electron chi connectivity index (χ0n) is 13.2. The van der Waals surface area contributed by atoms with Crippen molar-refractivity contribution in [3.63, 3.8) is 0 Å². The Balaban J connectivity index is 1.69. The molecule has 1 amide bonds. The number of amides is 1. The first-order valence-corrected chi connectivity index (χ1v) is 8.42. The molecule has 0 aromatic heterocycles. The lowest BCUT2D eigenvalue weighted by molar-refractivity contribution is -0.122. The van der Waals surface area contributed by atoms with Gasteiger partial charge in [-0.1, -0.05) is 23.7 Å². The highest BCUT2D eigenvalue weighted by atomic mass is 35.5. The summed E-state index contributed by atoms with van der Waals surface area (Å²) in [5.74, 6) is 0.133. The summed E-state index contributed by atoms with van der Waals surface area (Å²) in [6.45, 7) is 4.91. The summed E-state index contributed by atoms with van der Waals surface area (Å²) in [6, 6.07) is 8.41. The smallest absolute Gasteiger partial charge is 0.220 e. The third-order valence-corrected chi connectivity index (χ3v) is 4.35. The second-order valence-corrected chi connectivity index (χ2v) is 6.70. The van der Waals surface area contributed by atoms with E-state index in [-0.39, 0.29) is 11.9 Å². The van der Waals surface area contributed by atoms with Crippen LogP contribution in [0.4, 0.5) is 0 Å². The molecule has 1 fully saturated rings. The van der Waals surface area contributed by atoms with Gasteiger partial charge in [-0.3, -0.25) is 9.69 Å². The fourth-order valence-electron chi connectivity index (χ4n) is 2.74. The molecule has 1 saturated heterocycles. The number of likely N-dealkylation sites (tertiary alicyclic amines) is 1. The lowest BCUT2D eigenvalue weighted by atomic mass is 10.0. The molecule has 5 heteroatoms. The molecular formula is C17H26ClN3O. The van der Waals surface area contributed by atoms with E-state index in [0.29, 0.717) is 12.5 Å². The van der Waals surface area contributed by atoms with Crippen LogP contribution in [0.5, 0.6) is 0 Å². The van der Waals surface area contributed by atoms with Gasteiger partial charge in [-0.05, 0) is 43.9 Å². The Morgan fingerprint density at radius 3 is 2.59 bits per heavy atom. The molecule has 1 aromatic rings. The van der Waals surface area contributed by atoms with Crippen LogP contribution >= 0.6 is 11.6 Å². The molecule has 22 heavy (non-hydrogen) atoms. The van der Waals surface area contributed by atoms with E-state index >= 15 is 0 Å². The summed E-state index contributed by atoms with van der Waals surface area (Å²) in [6.07, 6.45) is 3.30. The molecule has 1 unspecified atom stereocenters. The van der Waals surface area contributed by atoms with Gasteiger partial charge in [-0.2, -0.15) is 0 Å². The molecule has 2 rings (SSSR count). The highest BCUT2D eigenvalue weighted by Gasteiger charge is 2.20. The minimum atomic E-state index is 0.0898. The van der Waals surface area contributed by atoms with Gasteiger partial charge in [0, 0.05) is 43.2 Å². The maximum absolute atomic E-state index is 11.8. The third kappa shape index (κ3) is 5.95. The van der Waals surface area contributed by atoms with Crippen molar-refractivity contribution in [1.82, 2.24) is 10.2 Å². The Morgan fingerprint density at radius 1 is 1.36 bits per heavy atom. The number of carbonyl (C=O) groups is 1. The fraction of sp³-hybridized carbons (Fsp3) is 0.588. The van der Waals surface area contributed by atoms with Crippen LogP contribution in [0.25, 0.3) is 0 Å². The van der Waals surface area contributed by atoms with Gasteiger partial charge in [0.15, 0.2) is 0 Å². The van der Waals surface area contributed by atoms with Crippen molar-refractivity contribution in [3.05, 3.63) is 34.9 Å². The van der Waals surface area contributed by atoms with E-state index in [0.717, 1.165) is 43.9 Å². The normalized spacial score (nSPS) is 18.1. The molecule has 1 aliphatic rings. The molecule has 0 saturated carbocycles. The zero-order valence-corrected chi connectivity index (χ0v) is 14.0. The van der Waals surface area contributed by atoms with Crippen molar-refractivity contribution in [3.8, 4) is 0 Å². The molecule has 1 aliphatic heterocycles. The van der Waals surface area contributed by atoms with E-state index in [4.69, 9.17) is 17.3 Å². The van der Waals surface area contributed by atoms with Crippen LogP contribution in [0, 0.1) is 0 Å². The van der Waals surface area contributed by atoms with Gasteiger partial charge in [-0.25, -0.2) is 0 Å². The van der Waals surface area contributed by atoms with Crippen LogP contribution in [-0.2, 0) is 11.3 Å². The lowest BCUT2D eigenvalue weighted by Gasteiger charge is -2.32. The topological polar surface area (TPSA) is 58.4 Å². The minimum absolute atomic E-state index is 0.0898. The summed E-state index contributed by atoms with van der Waals surface area (Å²) < 4.78 is 0.